The fourth-order valence-electron chi connectivity index (χ4n) is 2.09. The zero-order chi connectivity index (χ0) is 13.8. The molecule has 0 bridgehead atoms. The van der Waals surface area contributed by atoms with Gasteiger partial charge in [-0.15, -0.1) is 0 Å². The normalized spacial score (nSPS) is 14.9. The summed E-state index contributed by atoms with van der Waals surface area (Å²) in [6.45, 7) is 8.40. The summed E-state index contributed by atoms with van der Waals surface area (Å²) in [4.78, 5) is 12.1. The molecule has 1 rings (SSSR count). The summed E-state index contributed by atoms with van der Waals surface area (Å²) in [6.07, 6.45) is 0.809. The van der Waals surface area contributed by atoms with E-state index in [1.807, 2.05) is 25.1 Å². The number of esters is 1. The van der Waals surface area contributed by atoms with Crippen LogP contribution in [0.15, 0.2) is 30.3 Å². The summed E-state index contributed by atoms with van der Waals surface area (Å²) >= 11 is 3.45. The first kappa shape index (κ1) is 15.2. The van der Waals surface area contributed by atoms with Crippen molar-refractivity contribution >= 4 is 21.9 Å². The van der Waals surface area contributed by atoms with Gasteiger partial charge in [-0.05, 0) is 30.9 Å². The Bertz CT molecular complexity index is 395. The van der Waals surface area contributed by atoms with Crippen LogP contribution in [0, 0.1) is 5.41 Å². The number of alkyl halides is 1. The van der Waals surface area contributed by atoms with Crippen molar-refractivity contribution in [2.45, 2.75) is 39.7 Å². The van der Waals surface area contributed by atoms with E-state index in [2.05, 4.69) is 36.7 Å². The van der Waals surface area contributed by atoms with Crippen molar-refractivity contribution in [3.05, 3.63) is 35.9 Å². The molecule has 1 atom stereocenters. The van der Waals surface area contributed by atoms with Crippen LogP contribution in [0.3, 0.4) is 0 Å². The third kappa shape index (κ3) is 4.81. The molecule has 0 aliphatic rings. The van der Waals surface area contributed by atoms with Gasteiger partial charge in [-0.2, -0.15) is 0 Å². The van der Waals surface area contributed by atoms with Gasteiger partial charge in [0, 0.05) is 5.33 Å². The summed E-state index contributed by atoms with van der Waals surface area (Å²) in [5, 5.41) is 0.635. The molecule has 1 aromatic carbocycles. The van der Waals surface area contributed by atoms with E-state index in [1.54, 1.807) is 12.1 Å². The minimum absolute atomic E-state index is 0.111. The summed E-state index contributed by atoms with van der Waals surface area (Å²) < 4.78 is 5.66. The summed E-state index contributed by atoms with van der Waals surface area (Å²) in [5.74, 6) is -0.262. The van der Waals surface area contributed by atoms with Gasteiger partial charge in [0.2, 0.25) is 0 Å². The second-order valence-corrected chi connectivity index (χ2v) is 6.64. The average molecular weight is 313 g/mol. The van der Waals surface area contributed by atoms with E-state index in [9.17, 15) is 4.79 Å². The van der Waals surface area contributed by atoms with Crippen molar-refractivity contribution in [3.8, 4) is 0 Å². The van der Waals surface area contributed by atoms with Crippen LogP contribution in [0.1, 0.15) is 44.5 Å². The van der Waals surface area contributed by atoms with E-state index < -0.39 is 5.60 Å². The van der Waals surface area contributed by atoms with Crippen LogP contribution in [0.5, 0.6) is 0 Å². The molecule has 1 unspecified atom stereocenters. The molecule has 0 spiro atoms. The molecule has 0 saturated carbocycles. The van der Waals surface area contributed by atoms with Crippen LogP contribution >= 0.6 is 15.9 Å². The van der Waals surface area contributed by atoms with Crippen molar-refractivity contribution in [2.24, 2.45) is 5.41 Å². The Labute approximate surface area is 118 Å². The molecule has 0 aliphatic heterocycles. The van der Waals surface area contributed by atoms with Gasteiger partial charge in [-0.1, -0.05) is 54.9 Å². The van der Waals surface area contributed by atoms with Gasteiger partial charge < -0.3 is 4.74 Å². The van der Waals surface area contributed by atoms with E-state index in [-0.39, 0.29) is 11.4 Å². The van der Waals surface area contributed by atoms with Gasteiger partial charge in [-0.3, -0.25) is 0 Å². The number of halogens is 1. The van der Waals surface area contributed by atoms with Crippen LogP contribution in [0.25, 0.3) is 0 Å². The zero-order valence-corrected chi connectivity index (χ0v) is 13.1. The van der Waals surface area contributed by atoms with E-state index in [0.717, 1.165) is 6.42 Å². The van der Waals surface area contributed by atoms with Gasteiger partial charge in [0.15, 0.2) is 0 Å². The number of hydrogen-bond acceptors (Lipinski definition) is 2. The molecule has 0 aliphatic carbocycles. The second-order valence-electron chi connectivity index (χ2n) is 6.08. The van der Waals surface area contributed by atoms with Crippen LogP contribution in [0.4, 0.5) is 0 Å². The van der Waals surface area contributed by atoms with Crippen LogP contribution < -0.4 is 0 Å². The Kier molecular flexibility index (Phi) is 4.97. The Morgan fingerprint density at radius 1 is 1.17 bits per heavy atom. The van der Waals surface area contributed by atoms with E-state index in [0.29, 0.717) is 10.9 Å². The van der Waals surface area contributed by atoms with Crippen molar-refractivity contribution in [1.82, 2.24) is 0 Å². The number of hydrogen-bond donors (Lipinski definition) is 0. The zero-order valence-electron chi connectivity index (χ0n) is 11.5. The molecule has 100 valence electrons. The van der Waals surface area contributed by atoms with Crippen molar-refractivity contribution in [1.29, 1.82) is 0 Å². The lowest BCUT2D eigenvalue weighted by atomic mass is 9.83. The molecule has 0 fully saturated rings. The lowest BCUT2D eigenvalue weighted by Crippen LogP contribution is -2.37. The smallest absolute Gasteiger partial charge is 0.338 e. The molecule has 3 heteroatoms. The molecule has 1 aromatic rings. The van der Waals surface area contributed by atoms with Gasteiger partial charge in [0.05, 0.1) is 5.56 Å². The van der Waals surface area contributed by atoms with E-state index in [1.165, 1.54) is 0 Å². The van der Waals surface area contributed by atoms with E-state index in [4.69, 9.17) is 4.74 Å². The summed E-state index contributed by atoms with van der Waals surface area (Å²) in [5.41, 5.74) is 0.226. The highest BCUT2D eigenvalue weighted by Gasteiger charge is 2.33. The molecule has 0 N–H and O–H groups in total. The SMILES string of the molecule is CC(C)(C)CC(C)(CBr)OC(=O)c1ccccc1. The maximum Gasteiger partial charge on any atom is 0.338 e. The first-order chi connectivity index (χ1) is 8.26. The maximum atomic E-state index is 12.1. The number of carbonyl (C=O) groups excluding carboxylic acids is 1. The van der Waals surface area contributed by atoms with Gasteiger partial charge in [0.1, 0.15) is 5.60 Å². The molecule has 0 heterocycles. The fourth-order valence-corrected chi connectivity index (χ4v) is 2.40. The lowest BCUT2D eigenvalue weighted by molar-refractivity contribution is -0.0148. The second kappa shape index (κ2) is 5.87. The topological polar surface area (TPSA) is 26.3 Å². The van der Waals surface area contributed by atoms with Crippen molar-refractivity contribution in [3.63, 3.8) is 0 Å². The Morgan fingerprint density at radius 2 is 1.72 bits per heavy atom. The number of ether oxygens (including phenoxy) is 1. The third-order valence-corrected chi connectivity index (χ3v) is 3.72. The Hall–Kier alpha value is -0.830. The molecule has 18 heavy (non-hydrogen) atoms. The molecular formula is C15H21BrO2. The highest BCUT2D eigenvalue weighted by Crippen LogP contribution is 2.31. The minimum Gasteiger partial charge on any atom is -0.455 e. The van der Waals surface area contributed by atoms with Gasteiger partial charge >= 0.3 is 5.97 Å². The monoisotopic (exact) mass is 312 g/mol. The summed E-state index contributed by atoms with van der Waals surface area (Å²) in [6, 6.07) is 9.11. The molecule has 0 radical (unpaired) electrons. The van der Waals surface area contributed by atoms with Crippen LogP contribution in [-0.4, -0.2) is 16.9 Å². The highest BCUT2D eigenvalue weighted by atomic mass is 79.9. The minimum atomic E-state index is -0.481. The molecule has 0 saturated heterocycles. The van der Waals surface area contributed by atoms with Crippen LogP contribution in [0.2, 0.25) is 0 Å². The Balaban J connectivity index is 2.77. The van der Waals surface area contributed by atoms with Crippen LogP contribution in [-0.2, 0) is 4.74 Å². The Morgan fingerprint density at radius 3 is 2.17 bits per heavy atom. The standard InChI is InChI=1S/C15H21BrO2/c1-14(2,3)10-15(4,11-16)18-13(17)12-8-6-5-7-9-12/h5-9H,10-11H2,1-4H3. The predicted molar refractivity (Wildman–Crippen MR) is 78.1 cm³/mol. The summed E-state index contributed by atoms with van der Waals surface area (Å²) in [7, 11) is 0. The predicted octanol–water partition coefficient (Wildman–Crippen LogP) is 4.43. The molecular weight excluding hydrogens is 292 g/mol. The van der Waals surface area contributed by atoms with E-state index >= 15 is 0 Å². The number of rotatable bonds is 4. The number of benzene rings is 1. The first-order valence-corrected chi connectivity index (χ1v) is 7.22. The fraction of sp³-hybridized carbons (Fsp3) is 0.533. The van der Waals surface area contributed by atoms with Gasteiger partial charge in [-0.25, -0.2) is 4.79 Å². The average Bonchev–Trinajstić information content (AvgIpc) is 2.27. The maximum absolute atomic E-state index is 12.1. The largest absolute Gasteiger partial charge is 0.455 e. The molecule has 2 nitrogen and oxygen atoms in total. The quantitative estimate of drug-likeness (QED) is 0.607. The number of carbonyl (C=O) groups is 1. The van der Waals surface area contributed by atoms with Crippen molar-refractivity contribution < 1.29 is 9.53 Å². The molecule has 0 aromatic heterocycles. The highest BCUT2D eigenvalue weighted by molar-refractivity contribution is 9.09. The van der Waals surface area contributed by atoms with Crippen molar-refractivity contribution in [2.75, 3.05) is 5.33 Å². The first-order valence-electron chi connectivity index (χ1n) is 6.10. The lowest BCUT2D eigenvalue weighted by Gasteiger charge is -2.34. The third-order valence-electron chi connectivity index (χ3n) is 2.54. The molecule has 0 amide bonds. The van der Waals surface area contributed by atoms with Gasteiger partial charge in [0.25, 0.3) is 0 Å².